The normalized spacial score (nSPS) is 17.2. The van der Waals surface area contributed by atoms with Gasteiger partial charge in [0.05, 0.1) is 4.90 Å². The molecule has 0 aromatic heterocycles. The number of rotatable bonds is 5. The van der Waals surface area contributed by atoms with Crippen LogP contribution < -0.4 is 0 Å². The van der Waals surface area contributed by atoms with Crippen molar-refractivity contribution in [3.8, 4) is 0 Å². The van der Waals surface area contributed by atoms with Crippen molar-refractivity contribution < 1.29 is 17.9 Å². The lowest BCUT2D eigenvalue weighted by molar-refractivity contribution is 0.220. The van der Waals surface area contributed by atoms with Crippen LogP contribution in [0.15, 0.2) is 83.8 Å². The van der Waals surface area contributed by atoms with Gasteiger partial charge < -0.3 is 5.11 Å². The Labute approximate surface area is 170 Å². The first kappa shape index (κ1) is 19.8. The molecule has 1 saturated carbocycles. The number of benzene rings is 3. The van der Waals surface area contributed by atoms with Gasteiger partial charge in [-0.25, -0.2) is 12.8 Å². The van der Waals surface area contributed by atoms with Crippen LogP contribution in [-0.2, 0) is 14.6 Å². The van der Waals surface area contributed by atoms with E-state index in [1.807, 2.05) is 42.5 Å². The first-order valence-corrected chi connectivity index (χ1v) is 11.3. The number of aliphatic hydroxyl groups excluding tert-OH is 1. The molecule has 5 heteroatoms. The summed E-state index contributed by atoms with van der Waals surface area (Å²) in [5.74, 6) is -0.455. The fourth-order valence-corrected chi connectivity index (χ4v) is 6.51. The molecule has 0 amide bonds. The van der Waals surface area contributed by atoms with E-state index in [4.69, 9.17) is 0 Å². The zero-order valence-corrected chi connectivity index (χ0v) is 16.8. The maximum absolute atomic E-state index is 13.5. The van der Waals surface area contributed by atoms with Crippen molar-refractivity contribution in [2.45, 2.75) is 41.4 Å². The second-order valence-corrected chi connectivity index (χ2v) is 9.85. The van der Waals surface area contributed by atoms with E-state index in [1.165, 1.54) is 24.3 Å². The maximum Gasteiger partial charge on any atom is 0.188 e. The highest BCUT2D eigenvalue weighted by Crippen LogP contribution is 2.48. The van der Waals surface area contributed by atoms with Crippen molar-refractivity contribution >= 4 is 9.84 Å². The van der Waals surface area contributed by atoms with Crippen molar-refractivity contribution in [3.63, 3.8) is 0 Å². The van der Waals surface area contributed by atoms with E-state index in [9.17, 15) is 17.9 Å². The third kappa shape index (κ3) is 3.49. The molecule has 1 fully saturated rings. The Morgan fingerprint density at radius 1 is 0.793 bits per heavy atom. The fraction of sp³-hybridized carbons (Fsp3) is 0.250. The Morgan fingerprint density at radius 3 is 1.93 bits per heavy atom. The maximum atomic E-state index is 13.5. The van der Waals surface area contributed by atoms with Crippen LogP contribution in [0.5, 0.6) is 0 Å². The van der Waals surface area contributed by atoms with E-state index in [1.54, 1.807) is 12.1 Å². The van der Waals surface area contributed by atoms with Crippen LogP contribution in [0.2, 0.25) is 0 Å². The van der Waals surface area contributed by atoms with Gasteiger partial charge in [-0.05, 0) is 53.8 Å². The molecule has 1 aliphatic rings. The molecule has 29 heavy (non-hydrogen) atoms. The molecule has 1 atom stereocenters. The van der Waals surface area contributed by atoms with E-state index in [-0.39, 0.29) is 4.90 Å². The average Bonchev–Trinajstić information content (AvgIpc) is 3.26. The molecule has 0 heterocycles. The van der Waals surface area contributed by atoms with Gasteiger partial charge in [-0.2, -0.15) is 0 Å². The van der Waals surface area contributed by atoms with Crippen LogP contribution in [0.25, 0.3) is 0 Å². The summed E-state index contributed by atoms with van der Waals surface area (Å²) < 4.78 is 39.4. The predicted octanol–water partition coefficient (Wildman–Crippen LogP) is 5.15. The highest BCUT2D eigenvalue weighted by Gasteiger charge is 2.48. The fourth-order valence-electron chi connectivity index (χ4n) is 4.29. The van der Waals surface area contributed by atoms with Crippen LogP contribution >= 0.6 is 0 Å². The summed E-state index contributed by atoms with van der Waals surface area (Å²) in [4.78, 5) is 0.147. The van der Waals surface area contributed by atoms with Gasteiger partial charge in [0.25, 0.3) is 0 Å². The summed E-state index contributed by atoms with van der Waals surface area (Å²) in [7, 11) is -3.68. The van der Waals surface area contributed by atoms with E-state index in [0.29, 0.717) is 18.4 Å². The Hall–Kier alpha value is -2.50. The van der Waals surface area contributed by atoms with Crippen molar-refractivity contribution in [2.75, 3.05) is 0 Å². The monoisotopic (exact) mass is 410 g/mol. The largest absolute Gasteiger partial charge is 0.384 e. The molecular weight excluding hydrogens is 387 g/mol. The van der Waals surface area contributed by atoms with Crippen LogP contribution in [0, 0.1) is 5.82 Å². The van der Waals surface area contributed by atoms with Gasteiger partial charge in [-0.15, -0.1) is 0 Å². The Morgan fingerprint density at radius 2 is 1.34 bits per heavy atom. The van der Waals surface area contributed by atoms with Crippen molar-refractivity contribution in [3.05, 3.63) is 101 Å². The Balaban J connectivity index is 1.71. The molecule has 1 aliphatic carbocycles. The topological polar surface area (TPSA) is 54.4 Å². The lowest BCUT2D eigenvalue weighted by Crippen LogP contribution is -2.33. The second-order valence-electron chi connectivity index (χ2n) is 7.59. The van der Waals surface area contributed by atoms with Crippen LogP contribution in [0.4, 0.5) is 4.39 Å². The van der Waals surface area contributed by atoms with Gasteiger partial charge >= 0.3 is 0 Å². The minimum atomic E-state index is -3.68. The molecule has 0 aliphatic heterocycles. The number of hydrogen-bond donors (Lipinski definition) is 1. The molecule has 0 bridgehead atoms. The molecule has 1 unspecified atom stereocenters. The molecular formula is C24H23FO3S. The Bertz CT molecular complexity index is 1070. The molecule has 0 radical (unpaired) electrons. The molecule has 1 N–H and O–H groups in total. The second kappa shape index (κ2) is 7.73. The minimum absolute atomic E-state index is 0.147. The molecule has 150 valence electrons. The summed E-state index contributed by atoms with van der Waals surface area (Å²) in [5.41, 5.74) is 2.23. The zero-order valence-electron chi connectivity index (χ0n) is 16.0. The summed E-state index contributed by atoms with van der Waals surface area (Å²) in [6.07, 6.45) is 1.96. The standard InChI is InChI=1S/C24H23FO3S/c25-21-12-14-22(15-13-21)29(27,28)24(16-4-5-17-24)20-10-8-19(9-11-20)23(26)18-6-2-1-3-7-18/h1-3,6-15,23,26H,4-5,16-17H2. The molecule has 0 saturated heterocycles. The number of sulfone groups is 1. The summed E-state index contributed by atoms with van der Waals surface area (Å²) >= 11 is 0. The lowest BCUT2D eigenvalue weighted by atomic mass is 9.93. The molecule has 4 rings (SSSR count). The van der Waals surface area contributed by atoms with Gasteiger partial charge in [-0.1, -0.05) is 67.4 Å². The van der Waals surface area contributed by atoms with Gasteiger partial charge in [0.15, 0.2) is 9.84 Å². The van der Waals surface area contributed by atoms with Crippen LogP contribution in [0.3, 0.4) is 0 Å². The van der Waals surface area contributed by atoms with Gasteiger partial charge in [-0.3, -0.25) is 0 Å². The summed E-state index contributed by atoms with van der Waals surface area (Å²) in [6, 6.07) is 21.6. The molecule has 3 aromatic carbocycles. The third-order valence-electron chi connectivity index (χ3n) is 5.92. The molecule has 3 nitrogen and oxygen atoms in total. The zero-order chi connectivity index (χ0) is 20.5. The van der Waals surface area contributed by atoms with Gasteiger partial charge in [0.2, 0.25) is 0 Å². The molecule has 0 spiro atoms. The quantitative estimate of drug-likeness (QED) is 0.592. The van der Waals surface area contributed by atoms with Crippen molar-refractivity contribution in [1.29, 1.82) is 0 Å². The first-order chi connectivity index (χ1) is 13.9. The van der Waals surface area contributed by atoms with E-state index in [2.05, 4.69) is 0 Å². The van der Waals surface area contributed by atoms with Gasteiger partial charge in [0, 0.05) is 0 Å². The number of aliphatic hydroxyl groups is 1. The SMILES string of the molecule is O=S(=O)(c1ccc(F)cc1)C1(c2ccc(C(O)c3ccccc3)cc2)CCCC1. The summed E-state index contributed by atoms with van der Waals surface area (Å²) in [5, 5.41) is 10.6. The highest BCUT2D eigenvalue weighted by molar-refractivity contribution is 7.92. The molecule has 3 aromatic rings. The highest BCUT2D eigenvalue weighted by atomic mass is 32.2. The predicted molar refractivity (Wildman–Crippen MR) is 111 cm³/mol. The first-order valence-electron chi connectivity index (χ1n) is 9.78. The minimum Gasteiger partial charge on any atom is -0.384 e. The van der Waals surface area contributed by atoms with Gasteiger partial charge in [0.1, 0.15) is 16.7 Å². The van der Waals surface area contributed by atoms with Crippen LogP contribution in [0.1, 0.15) is 48.5 Å². The van der Waals surface area contributed by atoms with E-state index >= 15 is 0 Å². The average molecular weight is 411 g/mol. The van der Waals surface area contributed by atoms with Crippen LogP contribution in [-0.4, -0.2) is 13.5 Å². The number of halogens is 1. The van der Waals surface area contributed by atoms with Crippen molar-refractivity contribution in [2.24, 2.45) is 0 Å². The summed E-state index contributed by atoms with van der Waals surface area (Å²) in [6.45, 7) is 0. The van der Waals surface area contributed by atoms with Crippen molar-refractivity contribution in [1.82, 2.24) is 0 Å². The smallest absolute Gasteiger partial charge is 0.188 e. The van der Waals surface area contributed by atoms with E-state index in [0.717, 1.165) is 24.0 Å². The van der Waals surface area contributed by atoms with E-state index < -0.39 is 26.5 Å². The third-order valence-corrected chi connectivity index (χ3v) is 8.48. The Kier molecular flexibility index (Phi) is 5.28. The lowest BCUT2D eigenvalue weighted by Gasteiger charge is -2.30. The number of hydrogen-bond acceptors (Lipinski definition) is 3.